The van der Waals surface area contributed by atoms with E-state index >= 15 is 0 Å². The minimum atomic E-state index is -0.757. The van der Waals surface area contributed by atoms with Gasteiger partial charge in [0.2, 0.25) is 6.10 Å². The number of benzene rings is 2. The molecular formula is C22H18N2O4S. The van der Waals surface area contributed by atoms with Crippen molar-refractivity contribution in [2.75, 3.05) is 11.5 Å². The molecular weight excluding hydrogens is 388 g/mol. The number of hydrogen-bond donors (Lipinski definition) is 0. The number of rotatable bonds is 4. The average Bonchev–Trinajstić information content (AvgIpc) is 3.41. The highest BCUT2D eigenvalue weighted by Gasteiger charge is 2.33. The number of amides is 1. The lowest BCUT2D eigenvalue weighted by Crippen LogP contribution is -2.46. The molecule has 3 heterocycles. The molecule has 2 aromatic carbocycles. The summed E-state index contributed by atoms with van der Waals surface area (Å²) in [6, 6.07) is 17.0. The fourth-order valence-electron chi connectivity index (χ4n) is 3.30. The van der Waals surface area contributed by atoms with Gasteiger partial charge in [0.1, 0.15) is 12.4 Å². The number of thiazole rings is 1. The van der Waals surface area contributed by atoms with Gasteiger partial charge >= 0.3 is 0 Å². The van der Waals surface area contributed by atoms with E-state index < -0.39 is 6.10 Å². The van der Waals surface area contributed by atoms with Crippen LogP contribution in [0.3, 0.4) is 0 Å². The first kappa shape index (κ1) is 17.8. The summed E-state index contributed by atoms with van der Waals surface area (Å²) in [6.45, 7) is 2.43. The Kier molecular flexibility index (Phi) is 4.44. The molecule has 4 aromatic rings. The third kappa shape index (κ3) is 3.34. The molecule has 2 aromatic heterocycles. The van der Waals surface area contributed by atoms with E-state index in [0.717, 1.165) is 15.8 Å². The third-order valence-electron chi connectivity index (χ3n) is 4.78. The molecule has 0 fully saturated rings. The van der Waals surface area contributed by atoms with Gasteiger partial charge in [-0.1, -0.05) is 35.6 Å². The summed E-state index contributed by atoms with van der Waals surface area (Å²) >= 11 is 1.48. The number of aryl methyl sites for hydroxylation is 1. The van der Waals surface area contributed by atoms with Crippen LogP contribution in [0, 0.1) is 6.92 Å². The van der Waals surface area contributed by atoms with Crippen LogP contribution >= 0.6 is 11.3 Å². The minimum absolute atomic E-state index is 0.147. The zero-order chi connectivity index (χ0) is 19.8. The van der Waals surface area contributed by atoms with Gasteiger partial charge in [-0.15, -0.1) is 0 Å². The Morgan fingerprint density at radius 1 is 1.14 bits per heavy atom. The lowest BCUT2D eigenvalue weighted by molar-refractivity contribution is -0.127. The Labute approximate surface area is 171 Å². The lowest BCUT2D eigenvalue weighted by atomic mass is 10.2. The summed E-state index contributed by atoms with van der Waals surface area (Å²) in [6.07, 6.45) is 0.838. The highest BCUT2D eigenvalue weighted by Crippen LogP contribution is 2.34. The molecule has 29 heavy (non-hydrogen) atoms. The standard InChI is InChI=1S/C22H18N2O4S/c1-14-6-4-10-19-20(14)23-22(29-19)24(12-15-7-5-11-26-15)21(25)18-13-27-16-8-2-3-9-17(16)28-18/h2-11,18H,12-13H2,1H3. The van der Waals surface area contributed by atoms with Crippen molar-refractivity contribution in [3.63, 3.8) is 0 Å². The van der Waals surface area contributed by atoms with Crippen LogP contribution in [0.4, 0.5) is 5.13 Å². The van der Waals surface area contributed by atoms with Crippen LogP contribution in [0.5, 0.6) is 11.5 Å². The van der Waals surface area contributed by atoms with Gasteiger partial charge in [0.05, 0.1) is 23.0 Å². The van der Waals surface area contributed by atoms with Gasteiger partial charge in [0.15, 0.2) is 16.6 Å². The van der Waals surface area contributed by atoms with Crippen molar-refractivity contribution < 1.29 is 18.7 Å². The summed E-state index contributed by atoms with van der Waals surface area (Å²) in [7, 11) is 0. The van der Waals surface area contributed by atoms with E-state index in [9.17, 15) is 4.79 Å². The van der Waals surface area contributed by atoms with Crippen LogP contribution in [0.1, 0.15) is 11.3 Å². The maximum atomic E-state index is 13.4. The highest BCUT2D eigenvalue weighted by molar-refractivity contribution is 7.22. The molecule has 0 saturated heterocycles. The van der Waals surface area contributed by atoms with Gasteiger partial charge in [0, 0.05) is 0 Å². The predicted molar refractivity (Wildman–Crippen MR) is 111 cm³/mol. The quantitative estimate of drug-likeness (QED) is 0.497. The molecule has 5 rings (SSSR count). The van der Waals surface area contributed by atoms with Crippen molar-refractivity contribution in [1.82, 2.24) is 4.98 Å². The molecule has 6 nitrogen and oxygen atoms in total. The zero-order valence-electron chi connectivity index (χ0n) is 15.7. The van der Waals surface area contributed by atoms with Crippen LogP contribution in [0.15, 0.2) is 65.3 Å². The third-order valence-corrected chi connectivity index (χ3v) is 5.83. The number of fused-ring (bicyclic) bond motifs is 2. The first-order valence-electron chi connectivity index (χ1n) is 9.27. The highest BCUT2D eigenvalue weighted by atomic mass is 32.1. The van der Waals surface area contributed by atoms with E-state index in [4.69, 9.17) is 18.9 Å². The summed E-state index contributed by atoms with van der Waals surface area (Å²) in [4.78, 5) is 19.8. The van der Waals surface area contributed by atoms with Crippen LogP contribution in [-0.2, 0) is 11.3 Å². The topological polar surface area (TPSA) is 64.8 Å². The minimum Gasteiger partial charge on any atom is -0.485 e. The molecule has 0 aliphatic carbocycles. The monoisotopic (exact) mass is 406 g/mol. The summed E-state index contributed by atoms with van der Waals surface area (Å²) < 4.78 is 18.2. The first-order valence-corrected chi connectivity index (χ1v) is 10.1. The zero-order valence-corrected chi connectivity index (χ0v) is 16.5. The Morgan fingerprint density at radius 2 is 2.00 bits per heavy atom. The maximum absolute atomic E-state index is 13.4. The second-order valence-corrected chi connectivity index (χ2v) is 7.80. The first-order chi connectivity index (χ1) is 14.2. The van der Waals surface area contributed by atoms with Crippen LogP contribution in [-0.4, -0.2) is 23.6 Å². The van der Waals surface area contributed by atoms with Crippen LogP contribution in [0.25, 0.3) is 10.2 Å². The number of hydrogen-bond acceptors (Lipinski definition) is 6. The molecule has 1 aliphatic heterocycles. The van der Waals surface area contributed by atoms with Gasteiger partial charge in [-0.05, 0) is 42.8 Å². The van der Waals surface area contributed by atoms with Crippen molar-refractivity contribution in [3.8, 4) is 11.5 Å². The summed E-state index contributed by atoms with van der Waals surface area (Å²) in [5.74, 6) is 1.67. The molecule has 1 atom stereocenters. The van der Waals surface area contributed by atoms with E-state index in [1.54, 1.807) is 23.3 Å². The fourth-order valence-corrected chi connectivity index (χ4v) is 4.35. The number of para-hydroxylation sites is 3. The molecule has 0 N–H and O–H groups in total. The van der Waals surface area contributed by atoms with Gasteiger partial charge in [-0.25, -0.2) is 4.98 Å². The number of furan rings is 1. The smallest absolute Gasteiger partial charge is 0.273 e. The Bertz CT molecular complexity index is 1170. The molecule has 1 amide bonds. The van der Waals surface area contributed by atoms with E-state index in [-0.39, 0.29) is 19.1 Å². The molecule has 7 heteroatoms. The number of ether oxygens (including phenoxy) is 2. The molecule has 0 saturated carbocycles. The summed E-state index contributed by atoms with van der Waals surface area (Å²) in [5.41, 5.74) is 1.97. The molecule has 1 aliphatic rings. The number of carbonyl (C=O) groups is 1. The predicted octanol–water partition coefficient (Wildman–Crippen LogP) is 4.57. The second-order valence-electron chi connectivity index (χ2n) is 6.79. The number of carbonyl (C=O) groups excluding carboxylic acids is 1. The SMILES string of the molecule is Cc1cccc2sc(N(Cc3ccco3)C(=O)C3COc4ccccc4O3)nc12. The average molecular weight is 406 g/mol. The largest absolute Gasteiger partial charge is 0.485 e. The molecule has 0 bridgehead atoms. The number of aromatic nitrogens is 1. The van der Waals surface area contributed by atoms with Crippen molar-refractivity contribution in [3.05, 3.63) is 72.2 Å². The Balaban J connectivity index is 1.50. The van der Waals surface area contributed by atoms with E-state index in [2.05, 4.69) is 0 Å². The van der Waals surface area contributed by atoms with Gasteiger partial charge in [-0.2, -0.15) is 0 Å². The van der Waals surface area contributed by atoms with Gasteiger partial charge in [-0.3, -0.25) is 9.69 Å². The summed E-state index contributed by atoms with van der Waals surface area (Å²) in [5, 5.41) is 0.609. The normalized spacial score (nSPS) is 15.4. The molecule has 1 unspecified atom stereocenters. The number of nitrogens with zero attached hydrogens (tertiary/aromatic N) is 2. The van der Waals surface area contributed by atoms with E-state index in [1.807, 2.05) is 49.4 Å². The fraction of sp³-hybridized carbons (Fsp3) is 0.182. The van der Waals surface area contributed by atoms with Crippen LogP contribution in [0.2, 0.25) is 0 Å². The van der Waals surface area contributed by atoms with Crippen molar-refractivity contribution >= 4 is 32.6 Å². The van der Waals surface area contributed by atoms with E-state index in [0.29, 0.717) is 22.4 Å². The molecule has 0 spiro atoms. The molecule has 146 valence electrons. The Hall–Kier alpha value is -3.32. The van der Waals surface area contributed by atoms with Crippen molar-refractivity contribution in [1.29, 1.82) is 0 Å². The van der Waals surface area contributed by atoms with Crippen molar-refractivity contribution in [2.45, 2.75) is 19.6 Å². The van der Waals surface area contributed by atoms with Gasteiger partial charge in [0.25, 0.3) is 5.91 Å². The van der Waals surface area contributed by atoms with Gasteiger partial charge < -0.3 is 13.9 Å². The van der Waals surface area contributed by atoms with E-state index in [1.165, 1.54) is 11.3 Å². The van der Waals surface area contributed by atoms with Crippen LogP contribution < -0.4 is 14.4 Å². The maximum Gasteiger partial charge on any atom is 0.273 e. The number of anilines is 1. The molecule has 0 radical (unpaired) electrons. The lowest BCUT2D eigenvalue weighted by Gasteiger charge is -2.29. The Morgan fingerprint density at radius 3 is 2.79 bits per heavy atom. The second kappa shape index (κ2) is 7.25. The van der Waals surface area contributed by atoms with Crippen molar-refractivity contribution in [2.24, 2.45) is 0 Å².